The predicted octanol–water partition coefficient (Wildman–Crippen LogP) is 2.16. The summed E-state index contributed by atoms with van der Waals surface area (Å²) in [6.45, 7) is 1.31. The maximum atomic E-state index is 5.34. The Hall–Kier alpha value is -1.88. The first-order valence-corrected chi connectivity index (χ1v) is 6.02. The van der Waals surface area contributed by atoms with E-state index >= 15 is 0 Å². The minimum Gasteiger partial charge on any atom is -0.385 e. The molecule has 0 saturated heterocycles. The summed E-state index contributed by atoms with van der Waals surface area (Å²) < 4.78 is 10.3. The van der Waals surface area contributed by atoms with Gasteiger partial charge in [0.1, 0.15) is 6.61 Å². The average molecular weight is 245 g/mol. The van der Waals surface area contributed by atoms with Gasteiger partial charge in [0.2, 0.25) is 5.89 Å². The van der Waals surface area contributed by atoms with Crippen LogP contribution in [0.15, 0.2) is 28.8 Å². The quantitative estimate of drug-likeness (QED) is 0.898. The van der Waals surface area contributed by atoms with Crippen molar-refractivity contribution in [3.8, 4) is 0 Å². The zero-order valence-electron chi connectivity index (χ0n) is 10.2. The fraction of sp³-hybridized carbons (Fsp3) is 0.385. The van der Waals surface area contributed by atoms with Crippen LogP contribution in [0.25, 0.3) is 0 Å². The molecule has 1 aromatic heterocycles. The van der Waals surface area contributed by atoms with Gasteiger partial charge < -0.3 is 14.6 Å². The summed E-state index contributed by atoms with van der Waals surface area (Å²) in [5.74, 6) is 1.46. The van der Waals surface area contributed by atoms with Crippen molar-refractivity contribution in [2.75, 3.05) is 19.0 Å². The van der Waals surface area contributed by atoms with E-state index in [1.807, 2.05) is 12.1 Å². The molecule has 0 spiro atoms. The van der Waals surface area contributed by atoms with Crippen molar-refractivity contribution < 1.29 is 9.26 Å². The zero-order valence-corrected chi connectivity index (χ0v) is 10.2. The zero-order chi connectivity index (χ0) is 12.4. The normalized spacial score (nSPS) is 18.2. The van der Waals surface area contributed by atoms with Gasteiger partial charge in [-0.2, -0.15) is 4.98 Å². The van der Waals surface area contributed by atoms with Crippen molar-refractivity contribution in [1.29, 1.82) is 0 Å². The van der Waals surface area contributed by atoms with Gasteiger partial charge in [-0.05, 0) is 18.1 Å². The minimum absolute atomic E-state index is 0.181. The first-order chi connectivity index (χ1) is 8.88. The van der Waals surface area contributed by atoms with Crippen molar-refractivity contribution in [2.24, 2.45) is 0 Å². The second-order valence-electron chi connectivity index (χ2n) is 4.34. The molecule has 2 heterocycles. The number of benzene rings is 1. The lowest BCUT2D eigenvalue weighted by molar-refractivity contribution is 0.174. The van der Waals surface area contributed by atoms with E-state index in [0.29, 0.717) is 18.3 Å². The molecule has 1 atom stereocenters. The predicted molar refractivity (Wildman–Crippen MR) is 66.4 cm³/mol. The van der Waals surface area contributed by atoms with Crippen LogP contribution in [-0.4, -0.2) is 23.8 Å². The van der Waals surface area contributed by atoms with E-state index in [-0.39, 0.29) is 5.92 Å². The summed E-state index contributed by atoms with van der Waals surface area (Å²) in [6.07, 6.45) is 0.964. The number of fused-ring (bicyclic) bond motifs is 1. The van der Waals surface area contributed by atoms with Crippen molar-refractivity contribution in [3.63, 3.8) is 0 Å². The molecule has 2 aromatic rings. The van der Waals surface area contributed by atoms with Gasteiger partial charge in [-0.25, -0.2) is 0 Å². The van der Waals surface area contributed by atoms with Gasteiger partial charge in [-0.15, -0.1) is 0 Å². The molecular weight excluding hydrogens is 230 g/mol. The number of aromatic nitrogens is 2. The number of hydrogen-bond acceptors (Lipinski definition) is 5. The fourth-order valence-corrected chi connectivity index (χ4v) is 2.32. The standard InChI is InChI=1S/C13H15N3O2/c1-17-8-12-15-13(18-16-12)10-6-7-14-11-5-3-2-4-9(10)11/h2-5,10,14H,6-8H2,1H3. The number of hydrogen-bond donors (Lipinski definition) is 1. The van der Waals surface area contributed by atoms with Crippen LogP contribution in [0.2, 0.25) is 0 Å². The van der Waals surface area contributed by atoms with Crippen LogP contribution in [0.1, 0.15) is 29.6 Å². The average Bonchev–Trinajstić information content (AvgIpc) is 2.87. The number of anilines is 1. The van der Waals surface area contributed by atoms with E-state index in [9.17, 15) is 0 Å². The van der Waals surface area contributed by atoms with Crippen molar-refractivity contribution in [2.45, 2.75) is 18.9 Å². The van der Waals surface area contributed by atoms with E-state index in [4.69, 9.17) is 9.26 Å². The summed E-state index contributed by atoms with van der Waals surface area (Å²) in [6, 6.07) is 8.24. The lowest BCUT2D eigenvalue weighted by atomic mass is 9.91. The Labute approximate surface area is 105 Å². The first-order valence-electron chi connectivity index (χ1n) is 6.02. The number of methoxy groups -OCH3 is 1. The van der Waals surface area contributed by atoms with Gasteiger partial charge in [0.05, 0.1) is 5.92 Å². The molecular formula is C13H15N3O2. The third kappa shape index (κ3) is 1.97. The maximum absolute atomic E-state index is 5.34. The van der Waals surface area contributed by atoms with Gasteiger partial charge in [-0.1, -0.05) is 23.4 Å². The summed E-state index contributed by atoms with van der Waals surface area (Å²) >= 11 is 0. The number of nitrogens with zero attached hydrogens (tertiary/aromatic N) is 2. The third-order valence-electron chi connectivity index (χ3n) is 3.14. The number of ether oxygens (including phenoxy) is 1. The first kappa shape index (κ1) is 11.2. The molecule has 0 bridgehead atoms. The summed E-state index contributed by atoms with van der Waals surface area (Å²) in [4.78, 5) is 4.39. The summed E-state index contributed by atoms with van der Waals surface area (Å²) in [5.41, 5.74) is 2.37. The second kappa shape index (κ2) is 4.78. The van der Waals surface area contributed by atoms with Crippen LogP contribution in [0.3, 0.4) is 0 Å². The van der Waals surface area contributed by atoms with Crippen LogP contribution >= 0.6 is 0 Å². The Morgan fingerprint density at radius 3 is 3.22 bits per heavy atom. The largest absolute Gasteiger partial charge is 0.385 e. The Bertz CT molecular complexity index is 539. The molecule has 1 N–H and O–H groups in total. The van der Waals surface area contributed by atoms with E-state index in [2.05, 4.69) is 27.6 Å². The molecule has 0 radical (unpaired) electrons. The molecule has 0 fully saturated rings. The Morgan fingerprint density at radius 2 is 2.33 bits per heavy atom. The molecule has 1 aromatic carbocycles. The monoisotopic (exact) mass is 245 g/mol. The maximum Gasteiger partial charge on any atom is 0.234 e. The summed E-state index contributed by atoms with van der Waals surface area (Å²) in [7, 11) is 1.62. The second-order valence-corrected chi connectivity index (χ2v) is 4.34. The van der Waals surface area contributed by atoms with Crippen molar-refractivity contribution in [1.82, 2.24) is 10.1 Å². The molecule has 0 aliphatic carbocycles. The highest BCUT2D eigenvalue weighted by Gasteiger charge is 2.26. The molecule has 0 saturated carbocycles. The Morgan fingerprint density at radius 1 is 1.44 bits per heavy atom. The smallest absolute Gasteiger partial charge is 0.234 e. The van der Waals surface area contributed by atoms with Gasteiger partial charge >= 0.3 is 0 Å². The van der Waals surface area contributed by atoms with Crippen LogP contribution in [0.4, 0.5) is 5.69 Å². The van der Waals surface area contributed by atoms with E-state index < -0.39 is 0 Å². The highest BCUT2D eigenvalue weighted by atomic mass is 16.5. The van der Waals surface area contributed by atoms with Gasteiger partial charge in [0, 0.05) is 19.3 Å². The highest BCUT2D eigenvalue weighted by Crippen LogP contribution is 2.35. The van der Waals surface area contributed by atoms with Crippen LogP contribution in [-0.2, 0) is 11.3 Å². The van der Waals surface area contributed by atoms with Crippen LogP contribution in [0.5, 0.6) is 0 Å². The lowest BCUT2D eigenvalue weighted by Gasteiger charge is -2.23. The van der Waals surface area contributed by atoms with Gasteiger partial charge in [-0.3, -0.25) is 0 Å². The highest BCUT2D eigenvalue weighted by molar-refractivity contribution is 5.56. The third-order valence-corrected chi connectivity index (χ3v) is 3.14. The number of nitrogens with one attached hydrogen (secondary N) is 1. The number of rotatable bonds is 3. The SMILES string of the molecule is COCc1noc(C2CCNc3ccccc32)n1. The fourth-order valence-electron chi connectivity index (χ4n) is 2.32. The Kier molecular flexibility index (Phi) is 2.98. The molecule has 1 unspecified atom stereocenters. The van der Waals surface area contributed by atoms with E-state index in [1.165, 1.54) is 5.56 Å². The van der Waals surface area contributed by atoms with Crippen molar-refractivity contribution >= 4 is 5.69 Å². The minimum atomic E-state index is 0.181. The topological polar surface area (TPSA) is 60.2 Å². The lowest BCUT2D eigenvalue weighted by Crippen LogP contribution is -2.17. The molecule has 1 aliphatic rings. The van der Waals surface area contributed by atoms with Crippen molar-refractivity contribution in [3.05, 3.63) is 41.5 Å². The molecule has 5 heteroatoms. The van der Waals surface area contributed by atoms with Gasteiger partial charge in [0.25, 0.3) is 0 Å². The molecule has 94 valence electrons. The molecule has 0 amide bonds. The Balaban J connectivity index is 1.92. The van der Waals surface area contributed by atoms with Gasteiger partial charge in [0.15, 0.2) is 5.82 Å². The van der Waals surface area contributed by atoms with E-state index in [1.54, 1.807) is 7.11 Å². The summed E-state index contributed by atoms with van der Waals surface area (Å²) in [5, 5.41) is 7.30. The van der Waals surface area contributed by atoms with E-state index in [0.717, 1.165) is 18.7 Å². The van der Waals surface area contributed by atoms with Crippen LogP contribution < -0.4 is 5.32 Å². The molecule has 3 rings (SSSR count). The number of para-hydroxylation sites is 1. The molecule has 1 aliphatic heterocycles. The molecule has 5 nitrogen and oxygen atoms in total. The molecule has 18 heavy (non-hydrogen) atoms. The van der Waals surface area contributed by atoms with Crippen LogP contribution in [0, 0.1) is 0 Å².